The first kappa shape index (κ1) is 18.1. The lowest BCUT2D eigenvalue weighted by Gasteiger charge is -2.06. The Hall–Kier alpha value is -0.240. The van der Waals surface area contributed by atoms with Gasteiger partial charge in [-0.15, -0.1) is 0 Å². The predicted molar refractivity (Wildman–Crippen MR) is 74.5 cm³/mol. The fourth-order valence-corrected chi connectivity index (χ4v) is 1.65. The lowest BCUT2D eigenvalue weighted by atomic mass is 10.1. The van der Waals surface area contributed by atoms with E-state index >= 15 is 0 Å². The first-order chi connectivity index (χ1) is 7.69. The minimum Gasteiger partial charge on any atom is -0.392 e. The SMILES string of the molecule is CC.CC.CCc1cc(Cl)cc(CO)c1Cl. The zero-order valence-electron chi connectivity index (χ0n) is 10.8. The minimum atomic E-state index is -0.0631. The molecule has 0 aliphatic rings. The molecular weight excluding hydrogens is 243 g/mol. The Labute approximate surface area is 109 Å². The molecule has 0 bridgehead atoms. The molecule has 1 aromatic rings. The molecule has 0 unspecified atom stereocenters. The third-order valence-corrected chi connectivity index (χ3v) is 2.44. The quantitative estimate of drug-likeness (QED) is 0.788. The van der Waals surface area contributed by atoms with Crippen LogP contribution in [0, 0.1) is 0 Å². The summed E-state index contributed by atoms with van der Waals surface area (Å²) < 4.78 is 0. The Kier molecular flexibility index (Phi) is 12.8. The largest absolute Gasteiger partial charge is 0.392 e. The monoisotopic (exact) mass is 264 g/mol. The van der Waals surface area contributed by atoms with Gasteiger partial charge in [-0.05, 0) is 29.7 Å². The van der Waals surface area contributed by atoms with E-state index in [1.54, 1.807) is 6.07 Å². The van der Waals surface area contributed by atoms with Crippen LogP contribution in [0.3, 0.4) is 0 Å². The van der Waals surface area contributed by atoms with E-state index in [4.69, 9.17) is 28.3 Å². The summed E-state index contributed by atoms with van der Waals surface area (Å²) >= 11 is 11.8. The Balaban J connectivity index is 0. The lowest BCUT2D eigenvalue weighted by molar-refractivity contribution is 0.282. The highest BCUT2D eigenvalue weighted by Gasteiger charge is 2.05. The normalized spacial score (nSPS) is 8.50. The molecule has 0 saturated heterocycles. The van der Waals surface area contributed by atoms with Gasteiger partial charge < -0.3 is 5.11 Å². The minimum absolute atomic E-state index is 0.0631. The summed E-state index contributed by atoms with van der Waals surface area (Å²) in [6.45, 7) is 9.94. The third kappa shape index (κ3) is 5.74. The zero-order chi connectivity index (χ0) is 13.1. The van der Waals surface area contributed by atoms with Gasteiger partial charge in [0.1, 0.15) is 0 Å². The molecule has 1 aromatic carbocycles. The Morgan fingerprint density at radius 3 is 1.81 bits per heavy atom. The molecular formula is C13H22Cl2O. The fourth-order valence-electron chi connectivity index (χ4n) is 1.08. The van der Waals surface area contributed by atoms with E-state index in [0.717, 1.165) is 12.0 Å². The highest BCUT2D eigenvalue weighted by molar-refractivity contribution is 6.34. The number of benzene rings is 1. The average Bonchev–Trinajstić information content (AvgIpc) is 2.36. The second-order valence-electron chi connectivity index (χ2n) is 2.55. The molecule has 16 heavy (non-hydrogen) atoms. The van der Waals surface area contributed by atoms with Gasteiger partial charge in [0.15, 0.2) is 0 Å². The Morgan fingerprint density at radius 1 is 1.00 bits per heavy atom. The van der Waals surface area contributed by atoms with Crippen molar-refractivity contribution >= 4 is 23.2 Å². The summed E-state index contributed by atoms with van der Waals surface area (Å²) in [7, 11) is 0. The van der Waals surface area contributed by atoms with Crippen molar-refractivity contribution in [1.29, 1.82) is 0 Å². The van der Waals surface area contributed by atoms with E-state index in [2.05, 4.69) is 0 Å². The smallest absolute Gasteiger partial charge is 0.0697 e. The number of halogens is 2. The second-order valence-corrected chi connectivity index (χ2v) is 3.36. The van der Waals surface area contributed by atoms with Crippen molar-refractivity contribution < 1.29 is 5.11 Å². The van der Waals surface area contributed by atoms with Gasteiger partial charge in [0.05, 0.1) is 6.61 Å². The first-order valence-corrected chi connectivity index (χ1v) is 6.52. The molecule has 0 saturated carbocycles. The molecule has 3 heteroatoms. The maximum atomic E-state index is 8.92. The van der Waals surface area contributed by atoms with E-state index in [1.807, 2.05) is 40.7 Å². The van der Waals surface area contributed by atoms with Gasteiger partial charge in [-0.25, -0.2) is 0 Å². The van der Waals surface area contributed by atoms with E-state index < -0.39 is 0 Å². The molecule has 94 valence electrons. The molecule has 0 atom stereocenters. The van der Waals surface area contributed by atoms with E-state index in [-0.39, 0.29) is 6.61 Å². The van der Waals surface area contributed by atoms with Gasteiger partial charge in [-0.1, -0.05) is 57.8 Å². The number of hydrogen-bond donors (Lipinski definition) is 1. The van der Waals surface area contributed by atoms with Crippen LogP contribution in [0.1, 0.15) is 45.7 Å². The van der Waals surface area contributed by atoms with Gasteiger partial charge >= 0.3 is 0 Å². The molecule has 1 N–H and O–H groups in total. The van der Waals surface area contributed by atoms with Gasteiger partial charge in [0.2, 0.25) is 0 Å². The summed E-state index contributed by atoms with van der Waals surface area (Å²) in [5, 5.41) is 10.2. The van der Waals surface area contributed by atoms with Crippen LogP contribution >= 0.6 is 23.2 Å². The second kappa shape index (κ2) is 11.3. The van der Waals surface area contributed by atoms with Crippen molar-refractivity contribution in [2.24, 2.45) is 0 Å². The number of aliphatic hydroxyl groups is 1. The molecule has 0 radical (unpaired) electrons. The molecule has 0 spiro atoms. The van der Waals surface area contributed by atoms with Crippen molar-refractivity contribution in [3.05, 3.63) is 33.3 Å². The highest BCUT2D eigenvalue weighted by Crippen LogP contribution is 2.26. The lowest BCUT2D eigenvalue weighted by Crippen LogP contribution is -1.90. The molecule has 0 aliphatic carbocycles. The number of aryl methyl sites for hydroxylation is 1. The van der Waals surface area contributed by atoms with E-state index in [0.29, 0.717) is 15.6 Å². The molecule has 0 heterocycles. The van der Waals surface area contributed by atoms with Crippen molar-refractivity contribution in [1.82, 2.24) is 0 Å². The van der Waals surface area contributed by atoms with E-state index in [9.17, 15) is 0 Å². The van der Waals surface area contributed by atoms with E-state index in [1.165, 1.54) is 0 Å². The van der Waals surface area contributed by atoms with Crippen LogP contribution < -0.4 is 0 Å². The first-order valence-electron chi connectivity index (χ1n) is 5.76. The van der Waals surface area contributed by atoms with Crippen molar-refractivity contribution in [2.45, 2.75) is 47.6 Å². The van der Waals surface area contributed by atoms with Gasteiger partial charge in [0.25, 0.3) is 0 Å². The summed E-state index contributed by atoms with van der Waals surface area (Å²) in [4.78, 5) is 0. The van der Waals surface area contributed by atoms with Gasteiger partial charge in [-0.3, -0.25) is 0 Å². The number of hydrogen-bond acceptors (Lipinski definition) is 1. The highest BCUT2D eigenvalue weighted by atomic mass is 35.5. The standard InChI is InChI=1S/C9H10Cl2O.2C2H6/c1-2-6-3-8(10)4-7(5-12)9(6)11;2*1-2/h3-4,12H,2,5H2,1H3;2*1-2H3. The predicted octanol–water partition coefficient (Wildman–Crippen LogP) is 5.10. The van der Waals surface area contributed by atoms with Crippen LogP contribution in [0.2, 0.25) is 10.0 Å². The molecule has 0 aromatic heterocycles. The molecule has 0 amide bonds. The van der Waals surface area contributed by atoms with Crippen molar-refractivity contribution in [3.8, 4) is 0 Å². The molecule has 1 nitrogen and oxygen atoms in total. The van der Waals surface area contributed by atoms with Crippen LogP contribution in [0.5, 0.6) is 0 Å². The van der Waals surface area contributed by atoms with Crippen molar-refractivity contribution in [2.75, 3.05) is 0 Å². The van der Waals surface area contributed by atoms with Crippen molar-refractivity contribution in [3.63, 3.8) is 0 Å². The molecule has 1 rings (SSSR count). The van der Waals surface area contributed by atoms with Crippen LogP contribution in [-0.4, -0.2) is 5.11 Å². The van der Waals surface area contributed by atoms with Crippen LogP contribution in [0.25, 0.3) is 0 Å². The molecule has 0 fully saturated rings. The maximum Gasteiger partial charge on any atom is 0.0697 e. The summed E-state index contributed by atoms with van der Waals surface area (Å²) in [6, 6.07) is 3.51. The van der Waals surface area contributed by atoms with Gasteiger partial charge in [-0.2, -0.15) is 0 Å². The zero-order valence-corrected chi connectivity index (χ0v) is 12.3. The number of rotatable bonds is 2. The summed E-state index contributed by atoms with van der Waals surface area (Å²) in [5.41, 5.74) is 1.68. The van der Waals surface area contributed by atoms with Gasteiger partial charge in [0, 0.05) is 10.0 Å². The maximum absolute atomic E-state index is 8.92. The summed E-state index contributed by atoms with van der Waals surface area (Å²) in [5.74, 6) is 0. The number of aliphatic hydroxyl groups excluding tert-OH is 1. The topological polar surface area (TPSA) is 20.2 Å². The third-order valence-electron chi connectivity index (χ3n) is 1.74. The fraction of sp³-hybridized carbons (Fsp3) is 0.538. The molecule has 0 aliphatic heterocycles. The summed E-state index contributed by atoms with van der Waals surface area (Å²) in [6.07, 6.45) is 0.826. The average molecular weight is 265 g/mol. The van der Waals surface area contributed by atoms with Crippen LogP contribution in [0.15, 0.2) is 12.1 Å². The Morgan fingerprint density at radius 2 is 1.44 bits per heavy atom. The van der Waals surface area contributed by atoms with Crippen LogP contribution in [0.4, 0.5) is 0 Å². The van der Waals surface area contributed by atoms with Crippen LogP contribution in [-0.2, 0) is 13.0 Å². The Bertz CT molecular complexity index is 260.